The van der Waals surface area contributed by atoms with Crippen LogP contribution >= 0.6 is 0 Å². The number of benzene rings is 1. The summed E-state index contributed by atoms with van der Waals surface area (Å²) in [7, 11) is 1.70. The van der Waals surface area contributed by atoms with Crippen LogP contribution in [0.1, 0.15) is 40.8 Å². The lowest BCUT2D eigenvalue weighted by molar-refractivity contribution is -0.203. The van der Waals surface area contributed by atoms with Crippen LogP contribution in [-0.4, -0.2) is 54.6 Å². The lowest BCUT2D eigenvalue weighted by Gasteiger charge is -2.40. The SMILES string of the molecule is Cc1nccn1CC1C(=O)c2c3n(C)c4cccc(c24)OC(=O)CC2(O)CC(=O)OC3C1OC2=O. The Labute approximate surface area is 198 Å². The predicted octanol–water partition coefficient (Wildman–Crippen LogP) is 1.14. The standard InChI is InChI=1S/C24H21N3O8/c1-11-25-6-7-27(11)10-12-20(30)18-17-13-4-3-5-14(17)33-15(28)8-24(32)9-16(29)34-22(19(18)26(13)2)21(12)35-23(24)31/h3-7,12,21-22,32H,8-10H2,1-2H3. The number of aliphatic hydroxyl groups is 1. The Balaban J connectivity index is 1.67. The molecule has 1 aliphatic carbocycles. The molecule has 5 aliphatic rings. The molecule has 0 spiro atoms. The van der Waals surface area contributed by atoms with Gasteiger partial charge in [0.05, 0.1) is 40.9 Å². The third-order valence-electron chi connectivity index (χ3n) is 7.08. The Morgan fingerprint density at radius 3 is 2.66 bits per heavy atom. The highest BCUT2D eigenvalue weighted by molar-refractivity contribution is 6.14. The zero-order valence-electron chi connectivity index (χ0n) is 18.9. The second-order valence-corrected chi connectivity index (χ2v) is 9.21. The molecule has 4 unspecified atom stereocenters. The van der Waals surface area contributed by atoms with E-state index in [1.54, 1.807) is 53.7 Å². The number of ether oxygens (including phenoxy) is 3. The zero-order chi connectivity index (χ0) is 24.6. The van der Waals surface area contributed by atoms with Crippen LogP contribution in [0.15, 0.2) is 30.6 Å². The van der Waals surface area contributed by atoms with Crippen molar-refractivity contribution in [1.29, 1.82) is 0 Å². The summed E-state index contributed by atoms with van der Waals surface area (Å²) in [6.45, 7) is 1.86. The van der Waals surface area contributed by atoms with Crippen molar-refractivity contribution >= 4 is 34.6 Å². The first-order valence-electron chi connectivity index (χ1n) is 11.1. The summed E-state index contributed by atoms with van der Waals surface area (Å²) >= 11 is 0. The third-order valence-corrected chi connectivity index (χ3v) is 7.08. The van der Waals surface area contributed by atoms with Crippen molar-refractivity contribution in [2.75, 3.05) is 0 Å². The molecular formula is C24H21N3O8. The summed E-state index contributed by atoms with van der Waals surface area (Å²) in [5.41, 5.74) is -1.34. The number of carbonyl (C=O) groups excluding carboxylic acids is 4. The van der Waals surface area contributed by atoms with Gasteiger partial charge in [0.2, 0.25) is 0 Å². The van der Waals surface area contributed by atoms with Gasteiger partial charge in [0.15, 0.2) is 23.6 Å². The van der Waals surface area contributed by atoms with Gasteiger partial charge in [-0.25, -0.2) is 9.78 Å². The van der Waals surface area contributed by atoms with Crippen molar-refractivity contribution in [2.45, 2.75) is 44.1 Å². The Bertz CT molecular complexity index is 1450. The van der Waals surface area contributed by atoms with Gasteiger partial charge in [-0.3, -0.25) is 14.4 Å². The van der Waals surface area contributed by atoms with E-state index in [1.807, 2.05) is 0 Å². The molecule has 0 saturated carbocycles. The van der Waals surface area contributed by atoms with Gasteiger partial charge >= 0.3 is 17.9 Å². The van der Waals surface area contributed by atoms with Gasteiger partial charge in [-0.1, -0.05) is 6.07 Å². The molecule has 180 valence electrons. The van der Waals surface area contributed by atoms with E-state index in [0.717, 1.165) is 0 Å². The molecule has 35 heavy (non-hydrogen) atoms. The largest absolute Gasteiger partial charge is 0.455 e. The molecule has 3 aromatic rings. The Kier molecular flexibility index (Phi) is 4.46. The predicted molar refractivity (Wildman–Crippen MR) is 116 cm³/mol. The molecule has 4 aliphatic heterocycles. The lowest BCUT2D eigenvalue weighted by Crippen LogP contribution is -2.54. The number of rotatable bonds is 2. The van der Waals surface area contributed by atoms with Crippen molar-refractivity contribution in [3.63, 3.8) is 0 Å². The highest BCUT2D eigenvalue weighted by Crippen LogP contribution is 2.47. The van der Waals surface area contributed by atoms with Crippen molar-refractivity contribution in [1.82, 2.24) is 14.1 Å². The molecule has 0 radical (unpaired) electrons. The average Bonchev–Trinajstić information content (AvgIpc) is 3.33. The number of aromatic nitrogens is 3. The molecule has 6 heterocycles. The van der Waals surface area contributed by atoms with Crippen LogP contribution in [-0.2, 0) is 37.4 Å². The van der Waals surface area contributed by atoms with Crippen LogP contribution in [0, 0.1) is 12.8 Å². The van der Waals surface area contributed by atoms with E-state index < -0.39 is 54.5 Å². The molecule has 11 nitrogen and oxygen atoms in total. The number of aryl methyl sites for hydroxylation is 2. The molecule has 1 fully saturated rings. The van der Waals surface area contributed by atoms with Gasteiger partial charge in [-0.05, 0) is 19.1 Å². The molecule has 1 aromatic carbocycles. The van der Waals surface area contributed by atoms with Gasteiger partial charge in [-0.2, -0.15) is 0 Å². The van der Waals surface area contributed by atoms with Gasteiger partial charge < -0.3 is 28.5 Å². The van der Waals surface area contributed by atoms with Crippen molar-refractivity contribution < 1.29 is 38.5 Å². The van der Waals surface area contributed by atoms with E-state index in [1.165, 1.54) is 0 Å². The normalized spacial score (nSPS) is 27.9. The topological polar surface area (TPSA) is 139 Å². The molecule has 6 bridgehead atoms. The van der Waals surface area contributed by atoms with Crippen LogP contribution in [0.4, 0.5) is 0 Å². The average molecular weight is 479 g/mol. The number of nitrogens with zero attached hydrogens (tertiary/aromatic N) is 3. The first-order valence-corrected chi connectivity index (χ1v) is 11.1. The van der Waals surface area contributed by atoms with Crippen LogP contribution in [0.3, 0.4) is 0 Å². The number of hydrogen-bond donors (Lipinski definition) is 1. The molecule has 1 N–H and O–H groups in total. The summed E-state index contributed by atoms with van der Waals surface area (Å²) < 4.78 is 20.5. The van der Waals surface area contributed by atoms with E-state index in [-0.39, 0.29) is 23.6 Å². The molecule has 2 aromatic heterocycles. The number of imidazole rings is 1. The summed E-state index contributed by atoms with van der Waals surface area (Å²) in [4.78, 5) is 57.1. The summed E-state index contributed by atoms with van der Waals surface area (Å²) in [5, 5.41) is 11.4. The maximum atomic E-state index is 14.1. The number of fused-ring (bicyclic) bond motifs is 3. The smallest absolute Gasteiger partial charge is 0.339 e. The number of carbonyl (C=O) groups is 4. The van der Waals surface area contributed by atoms with Crippen LogP contribution in [0.5, 0.6) is 5.75 Å². The van der Waals surface area contributed by atoms with E-state index >= 15 is 0 Å². The van der Waals surface area contributed by atoms with Crippen LogP contribution < -0.4 is 4.74 Å². The Morgan fingerprint density at radius 1 is 1.14 bits per heavy atom. The molecule has 1 saturated heterocycles. The van der Waals surface area contributed by atoms with Gasteiger partial charge in [-0.15, -0.1) is 0 Å². The van der Waals surface area contributed by atoms with Gasteiger partial charge in [0.25, 0.3) is 0 Å². The molecule has 4 atom stereocenters. The second kappa shape index (κ2) is 7.25. The number of ketones is 1. The van der Waals surface area contributed by atoms with Gasteiger partial charge in [0.1, 0.15) is 11.6 Å². The first-order chi connectivity index (χ1) is 16.7. The zero-order valence-corrected chi connectivity index (χ0v) is 18.9. The lowest BCUT2D eigenvalue weighted by atomic mass is 9.79. The number of hydrogen-bond acceptors (Lipinski definition) is 9. The molecular weight excluding hydrogens is 458 g/mol. The second-order valence-electron chi connectivity index (χ2n) is 9.21. The van der Waals surface area contributed by atoms with Crippen molar-refractivity contribution in [2.24, 2.45) is 13.0 Å². The Hall–Kier alpha value is -3.99. The van der Waals surface area contributed by atoms with Crippen LogP contribution in [0.25, 0.3) is 10.9 Å². The van der Waals surface area contributed by atoms with E-state index in [9.17, 15) is 24.3 Å². The highest BCUT2D eigenvalue weighted by atomic mass is 16.6. The van der Waals surface area contributed by atoms with Crippen molar-refractivity contribution in [3.8, 4) is 5.75 Å². The highest BCUT2D eigenvalue weighted by Gasteiger charge is 2.55. The fourth-order valence-corrected chi connectivity index (χ4v) is 5.37. The Morgan fingerprint density at radius 2 is 1.91 bits per heavy atom. The fourth-order valence-electron chi connectivity index (χ4n) is 5.37. The van der Waals surface area contributed by atoms with E-state index in [0.29, 0.717) is 22.4 Å². The monoisotopic (exact) mass is 479 g/mol. The minimum atomic E-state index is -2.50. The summed E-state index contributed by atoms with van der Waals surface area (Å²) in [6.07, 6.45) is -0.676. The molecule has 11 heteroatoms. The number of esters is 3. The summed E-state index contributed by atoms with van der Waals surface area (Å²) in [5.74, 6) is -3.59. The maximum absolute atomic E-state index is 14.1. The molecule has 0 amide bonds. The van der Waals surface area contributed by atoms with E-state index in [4.69, 9.17) is 14.2 Å². The fraction of sp³-hybridized carbons (Fsp3) is 0.375. The minimum absolute atomic E-state index is 0.0902. The van der Waals surface area contributed by atoms with Gasteiger partial charge in [0, 0.05) is 26.0 Å². The van der Waals surface area contributed by atoms with Crippen LogP contribution in [0.2, 0.25) is 0 Å². The van der Waals surface area contributed by atoms with E-state index in [2.05, 4.69) is 4.98 Å². The van der Waals surface area contributed by atoms with Crippen molar-refractivity contribution in [3.05, 3.63) is 47.7 Å². The third kappa shape index (κ3) is 3.04. The number of Topliss-reactive ketones (excluding diaryl/α,β-unsaturated/α-hetero) is 1. The first kappa shape index (κ1) is 21.5. The maximum Gasteiger partial charge on any atom is 0.339 e. The minimum Gasteiger partial charge on any atom is -0.455 e. The molecule has 8 rings (SSSR count). The quantitative estimate of drug-likeness (QED) is 0.423. The summed E-state index contributed by atoms with van der Waals surface area (Å²) in [6, 6.07) is 4.96.